The van der Waals surface area contributed by atoms with Gasteiger partial charge >= 0.3 is 0 Å². The van der Waals surface area contributed by atoms with Crippen molar-refractivity contribution in [3.63, 3.8) is 0 Å². The first kappa shape index (κ1) is 26.6. The lowest BCUT2D eigenvalue weighted by Gasteiger charge is -2.40. The van der Waals surface area contributed by atoms with Crippen molar-refractivity contribution in [3.05, 3.63) is 65.5 Å². The number of pyridine rings is 1. The normalized spacial score (nSPS) is 19.2. The smallest absolute Gasteiger partial charge is 0.266 e. The summed E-state index contributed by atoms with van der Waals surface area (Å²) in [5.41, 5.74) is 5.03. The van der Waals surface area contributed by atoms with Gasteiger partial charge in [0.2, 0.25) is 10.0 Å². The van der Waals surface area contributed by atoms with Crippen LogP contribution in [0.15, 0.2) is 48.7 Å². The third kappa shape index (κ3) is 5.44. The van der Waals surface area contributed by atoms with Crippen molar-refractivity contribution in [1.82, 2.24) is 14.8 Å². The molecule has 2 N–H and O–H groups in total. The van der Waals surface area contributed by atoms with Crippen LogP contribution in [0.4, 0.5) is 0 Å². The predicted octanol–water partition coefficient (Wildman–Crippen LogP) is 2.85. The topological polar surface area (TPSA) is 109 Å². The fraction of sp³-hybridized carbons (Fsp3) is 0.500. The molecule has 0 saturated carbocycles. The van der Waals surface area contributed by atoms with Gasteiger partial charge in [-0.25, -0.2) is 18.2 Å². The molecule has 10 heteroatoms. The van der Waals surface area contributed by atoms with Crippen LogP contribution in [0.25, 0.3) is 0 Å². The minimum absolute atomic E-state index is 0. The van der Waals surface area contributed by atoms with Crippen molar-refractivity contribution in [2.75, 3.05) is 26.3 Å². The number of carbonyl (C=O) groups is 1. The van der Waals surface area contributed by atoms with E-state index in [9.17, 15) is 18.4 Å². The molecule has 0 atom stereocenters. The number of sulfonamides is 1. The van der Waals surface area contributed by atoms with E-state index in [4.69, 9.17) is 4.74 Å². The number of nitrogens with zero attached hydrogens (tertiary/aromatic N) is 2. The number of aryl methyl sites for hydroxylation is 2. The molecular weight excluding hydrogens is 478 g/mol. The first-order valence-electron chi connectivity index (χ1n) is 11.5. The van der Waals surface area contributed by atoms with E-state index in [1.165, 1.54) is 15.4 Å². The zero-order chi connectivity index (χ0) is 23.3. The second-order valence-electron chi connectivity index (χ2n) is 8.80. The van der Waals surface area contributed by atoms with Crippen LogP contribution in [-0.4, -0.2) is 59.9 Å². The number of halogens is 1. The number of ether oxygens (including phenoxy) is 1. The van der Waals surface area contributed by atoms with Gasteiger partial charge in [-0.2, -0.15) is 0 Å². The highest BCUT2D eigenvalue weighted by Gasteiger charge is 2.54. The highest BCUT2D eigenvalue weighted by Crippen LogP contribution is 2.36. The van der Waals surface area contributed by atoms with Crippen LogP contribution in [0.1, 0.15) is 48.4 Å². The number of hydrogen-bond acceptors (Lipinski definition) is 6. The molecule has 0 aliphatic carbocycles. The zero-order valence-electron chi connectivity index (χ0n) is 19.1. The number of hydroxylamine groups is 1. The van der Waals surface area contributed by atoms with Gasteiger partial charge in [-0.05, 0) is 42.9 Å². The molecule has 1 aromatic carbocycles. The third-order valence-electron chi connectivity index (χ3n) is 6.91. The van der Waals surface area contributed by atoms with Gasteiger partial charge in [0.25, 0.3) is 5.91 Å². The Bertz CT molecular complexity index is 1040. The molecule has 0 bridgehead atoms. The van der Waals surface area contributed by atoms with Crippen molar-refractivity contribution >= 4 is 28.3 Å². The Morgan fingerprint density at radius 1 is 1.06 bits per heavy atom. The molecular formula is C24H32ClN3O5S. The Morgan fingerprint density at radius 2 is 1.71 bits per heavy atom. The molecule has 8 nitrogen and oxygen atoms in total. The van der Waals surface area contributed by atoms with Crippen LogP contribution in [0.3, 0.4) is 0 Å². The molecule has 1 aromatic heterocycles. The summed E-state index contributed by atoms with van der Waals surface area (Å²) in [4.78, 5) is 17.1. The average molecular weight is 510 g/mol. The highest BCUT2D eigenvalue weighted by atomic mass is 35.5. The molecule has 1 amide bonds. The Kier molecular flexibility index (Phi) is 9.06. The third-order valence-corrected chi connectivity index (χ3v) is 9.54. The van der Waals surface area contributed by atoms with Gasteiger partial charge in [-0.3, -0.25) is 15.0 Å². The summed E-state index contributed by atoms with van der Waals surface area (Å²) in [6.45, 7) is 0.991. The molecule has 34 heavy (non-hydrogen) atoms. The van der Waals surface area contributed by atoms with E-state index in [1.54, 1.807) is 5.48 Å². The minimum Gasteiger partial charge on any atom is -0.381 e. The summed E-state index contributed by atoms with van der Waals surface area (Å²) in [6.07, 6.45) is 5.16. The summed E-state index contributed by atoms with van der Waals surface area (Å²) in [6, 6.07) is 14.5. The fourth-order valence-corrected chi connectivity index (χ4v) is 6.95. The summed E-state index contributed by atoms with van der Waals surface area (Å²) in [5, 5.41) is 9.20. The maximum absolute atomic E-state index is 13.4. The molecule has 3 heterocycles. The SMILES string of the molecule is Cl.O=C(NO)C1(S(=O)(=O)N2CCC(c3ccc(CCc4ccccc4)cn3)CC2)CCOCC1. The van der Waals surface area contributed by atoms with Crippen LogP contribution in [0, 0.1) is 0 Å². The van der Waals surface area contributed by atoms with E-state index in [0.29, 0.717) is 25.9 Å². The number of carbonyl (C=O) groups excluding carboxylic acids is 1. The van der Waals surface area contributed by atoms with Crippen molar-refractivity contribution in [1.29, 1.82) is 0 Å². The first-order chi connectivity index (χ1) is 16.0. The van der Waals surface area contributed by atoms with Crippen molar-refractivity contribution in [2.45, 2.75) is 49.2 Å². The monoisotopic (exact) mass is 509 g/mol. The number of nitrogens with one attached hydrogen (secondary N) is 1. The predicted molar refractivity (Wildman–Crippen MR) is 131 cm³/mol. The number of piperidine rings is 1. The molecule has 4 rings (SSSR count). The van der Waals surface area contributed by atoms with Crippen LogP contribution in [0.5, 0.6) is 0 Å². The van der Waals surface area contributed by atoms with E-state index >= 15 is 0 Å². The lowest BCUT2D eigenvalue weighted by atomic mass is 9.93. The molecule has 2 fully saturated rings. The largest absolute Gasteiger partial charge is 0.381 e. The van der Waals surface area contributed by atoms with E-state index in [1.807, 2.05) is 30.5 Å². The van der Waals surface area contributed by atoms with Gasteiger partial charge < -0.3 is 4.74 Å². The number of hydrogen-bond donors (Lipinski definition) is 2. The quantitative estimate of drug-likeness (QED) is 0.439. The number of aromatic nitrogens is 1. The molecule has 2 aliphatic rings. The van der Waals surface area contributed by atoms with E-state index in [2.05, 4.69) is 23.2 Å². The lowest BCUT2D eigenvalue weighted by Crippen LogP contribution is -2.60. The molecule has 0 unspecified atom stereocenters. The second-order valence-corrected chi connectivity index (χ2v) is 11.1. The van der Waals surface area contributed by atoms with Crippen LogP contribution in [0.2, 0.25) is 0 Å². The molecule has 186 valence electrons. The summed E-state index contributed by atoms with van der Waals surface area (Å²) < 4.78 is 31.8. The van der Waals surface area contributed by atoms with Gasteiger partial charge in [0.05, 0.1) is 0 Å². The minimum atomic E-state index is -3.94. The fourth-order valence-electron chi connectivity index (χ4n) is 4.80. The number of rotatable bonds is 7. The van der Waals surface area contributed by atoms with E-state index in [-0.39, 0.29) is 44.4 Å². The van der Waals surface area contributed by atoms with E-state index < -0.39 is 20.7 Å². The Labute approximate surface area is 207 Å². The molecule has 0 radical (unpaired) electrons. The molecule has 2 aromatic rings. The zero-order valence-corrected chi connectivity index (χ0v) is 20.7. The maximum atomic E-state index is 13.4. The van der Waals surface area contributed by atoms with Crippen LogP contribution >= 0.6 is 12.4 Å². The van der Waals surface area contributed by atoms with Gasteiger partial charge in [0, 0.05) is 57.0 Å². The van der Waals surface area contributed by atoms with E-state index in [0.717, 1.165) is 18.5 Å². The lowest BCUT2D eigenvalue weighted by molar-refractivity contribution is -0.134. The first-order valence-corrected chi connectivity index (χ1v) is 12.9. The number of benzene rings is 1. The Hall–Kier alpha value is -2.04. The number of amides is 1. The Morgan fingerprint density at radius 3 is 2.29 bits per heavy atom. The van der Waals surface area contributed by atoms with Gasteiger partial charge in [-0.1, -0.05) is 36.4 Å². The van der Waals surface area contributed by atoms with Crippen molar-refractivity contribution < 1.29 is 23.2 Å². The standard InChI is InChI=1S/C24H31N3O5S.ClH/c28-23(26-29)24(12-16-32-17-13-24)33(30,31)27-14-10-21(11-15-27)22-9-8-20(18-25-22)7-6-19-4-2-1-3-5-19;/h1-5,8-9,18,21,29H,6-7,10-17H2,(H,26,28);1H. The van der Waals surface area contributed by atoms with Gasteiger partial charge in [-0.15, -0.1) is 12.4 Å². The van der Waals surface area contributed by atoms with Crippen molar-refractivity contribution in [3.8, 4) is 0 Å². The molecule has 2 aliphatic heterocycles. The Balaban J connectivity index is 0.00000324. The molecule has 0 spiro atoms. The highest BCUT2D eigenvalue weighted by molar-refractivity contribution is 7.91. The second kappa shape index (κ2) is 11.6. The summed E-state index contributed by atoms with van der Waals surface area (Å²) >= 11 is 0. The van der Waals surface area contributed by atoms with Gasteiger partial charge in [0.15, 0.2) is 4.75 Å². The van der Waals surface area contributed by atoms with Crippen LogP contribution in [-0.2, 0) is 32.4 Å². The average Bonchev–Trinajstić information content (AvgIpc) is 2.88. The maximum Gasteiger partial charge on any atom is 0.266 e. The summed E-state index contributed by atoms with van der Waals surface area (Å²) in [5.74, 6) is -0.697. The summed E-state index contributed by atoms with van der Waals surface area (Å²) in [7, 11) is -3.94. The van der Waals surface area contributed by atoms with Crippen LogP contribution < -0.4 is 5.48 Å². The van der Waals surface area contributed by atoms with Crippen molar-refractivity contribution in [2.24, 2.45) is 0 Å². The molecule has 2 saturated heterocycles. The van der Waals surface area contributed by atoms with Gasteiger partial charge in [0.1, 0.15) is 0 Å².